The van der Waals surface area contributed by atoms with Gasteiger partial charge in [0.05, 0.1) is 0 Å². The van der Waals surface area contributed by atoms with Crippen LogP contribution < -0.4 is 10.1 Å². The van der Waals surface area contributed by atoms with E-state index < -0.39 is 11.9 Å². The number of nitrogens with one attached hydrogen (secondary N) is 1. The maximum Gasteiger partial charge on any atom is 0.325 e. The molecule has 0 atom stereocenters. The van der Waals surface area contributed by atoms with Crippen LogP contribution in [0.5, 0.6) is 5.75 Å². The van der Waals surface area contributed by atoms with Crippen LogP contribution in [-0.2, 0) is 14.3 Å². The molecule has 0 spiro atoms. The quantitative estimate of drug-likeness (QED) is 0.560. The molecule has 0 bridgehead atoms. The second-order valence-corrected chi connectivity index (χ2v) is 6.58. The fourth-order valence-corrected chi connectivity index (χ4v) is 2.66. The van der Waals surface area contributed by atoms with E-state index >= 15 is 0 Å². The lowest BCUT2D eigenvalue weighted by atomic mass is 9.93. The third-order valence-corrected chi connectivity index (χ3v) is 4.69. The Morgan fingerprint density at radius 1 is 0.893 bits per heavy atom. The van der Waals surface area contributed by atoms with E-state index in [0.29, 0.717) is 11.3 Å². The van der Waals surface area contributed by atoms with Crippen LogP contribution in [0, 0.1) is 27.7 Å². The van der Waals surface area contributed by atoms with E-state index in [0.717, 1.165) is 22.3 Å². The molecule has 28 heavy (non-hydrogen) atoms. The first-order valence-corrected chi connectivity index (χ1v) is 9.00. The molecule has 0 saturated heterocycles. The second kappa shape index (κ2) is 9.69. The Bertz CT molecular complexity index is 874. The Hall–Kier alpha value is -3.15. The predicted molar refractivity (Wildman–Crippen MR) is 106 cm³/mol. The predicted octanol–water partition coefficient (Wildman–Crippen LogP) is 2.84. The van der Waals surface area contributed by atoms with Crippen molar-refractivity contribution in [2.24, 2.45) is 0 Å². The number of ketones is 1. The van der Waals surface area contributed by atoms with E-state index in [2.05, 4.69) is 5.32 Å². The van der Waals surface area contributed by atoms with Gasteiger partial charge in [-0.3, -0.25) is 14.4 Å². The number of aryl methyl sites for hydroxylation is 1. The zero-order valence-electron chi connectivity index (χ0n) is 16.6. The molecule has 1 amide bonds. The van der Waals surface area contributed by atoms with Crippen molar-refractivity contribution >= 4 is 17.7 Å². The standard InChI is InChI=1S/C22H25NO5/c1-14-10-19(17(4)16(3)15(14)2)20(24)12-28-22(26)11-23-21(25)13-27-18-8-6-5-7-9-18/h5-10H,11-13H2,1-4H3,(H,23,25). The van der Waals surface area contributed by atoms with E-state index in [4.69, 9.17) is 9.47 Å². The zero-order valence-corrected chi connectivity index (χ0v) is 16.6. The van der Waals surface area contributed by atoms with Gasteiger partial charge in [-0.15, -0.1) is 0 Å². The molecule has 6 nitrogen and oxygen atoms in total. The van der Waals surface area contributed by atoms with Gasteiger partial charge in [0, 0.05) is 5.56 Å². The number of ether oxygens (including phenoxy) is 2. The molecular weight excluding hydrogens is 358 g/mol. The highest BCUT2D eigenvalue weighted by Gasteiger charge is 2.16. The van der Waals surface area contributed by atoms with Crippen LogP contribution in [0.3, 0.4) is 0 Å². The lowest BCUT2D eigenvalue weighted by molar-refractivity contribution is -0.143. The van der Waals surface area contributed by atoms with Gasteiger partial charge in [0.25, 0.3) is 5.91 Å². The smallest absolute Gasteiger partial charge is 0.325 e. The molecule has 148 valence electrons. The number of esters is 1. The summed E-state index contributed by atoms with van der Waals surface area (Å²) in [4.78, 5) is 35.9. The van der Waals surface area contributed by atoms with Crippen LogP contribution in [0.4, 0.5) is 0 Å². The summed E-state index contributed by atoms with van der Waals surface area (Å²) < 4.78 is 10.3. The summed E-state index contributed by atoms with van der Waals surface area (Å²) in [6.45, 7) is 6.90. The summed E-state index contributed by atoms with van der Waals surface area (Å²) >= 11 is 0. The molecule has 0 aliphatic heterocycles. The Balaban J connectivity index is 1.78. The highest BCUT2D eigenvalue weighted by molar-refractivity contribution is 6.00. The number of hydrogen-bond acceptors (Lipinski definition) is 5. The van der Waals surface area contributed by atoms with Crippen LogP contribution >= 0.6 is 0 Å². The number of rotatable bonds is 8. The number of hydrogen-bond donors (Lipinski definition) is 1. The van der Waals surface area contributed by atoms with Crippen LogP contribution in [0.2, 0.25) is 0 Å². The van der Waals surface area contributed by atoms with Crippen molar-refractivity contribution in [1.82, 2.24) is 5.32 Å². The first-order chi connectivity index (χ1) is 13.3. The molecule has 2 aromatic rings. The SMILES string of the molecule is Cc1cc(C(=O)COC(=O)CNC(=O)COc2ccccc2)c(C)c(C)c1C. The number of para-hydroxylation sites is 1. The van der Waals surface area contributed by atoms with E-state index in [1.165, 1.54) is 0 Å². The molecular formula is C22H25NO5. The van der Waals surface area contributed by atoms with E-state index in [9.17, 15) is 14.4 Å². The Morgan fingerprint density at radius 3 is 2.25 bits per heavy atom. The Morgan fingerprint density at radius 2 is 1.57 bits per heavy atom. The largest absolute Gasteiger partial charge is 0.484 e. The fraction of sp³-hybridized carbons (Fsp3) is 0.318. The normalized spacial score (nSPS) is 10.3. The third kappa shape index (κ3) is 5.67. The number of Topliss-reactive ketones (excluding diaryl/α,β-unsaturated/α-hetero) is 1. The number of carbonyl (C=O) groups excluding carboxylic acids is 3. The highest BCUT2D eigenvalue weighted by Crippen LogP contribution is 2.21. The summed E-state index contributed by atoms with van der Waals surface area (Å²) in [7, 11) is 0. The van der Waals surface area contributed by atoms with Gasteiger partial charge in [-0.05, 0) is 68.1 Å². The summed E-state index contributed by atoms with van der Waals surface area (Å²) in [5, 5.41) is 2.40. The number of amides is 1. The maximum absolute atomic E-state index is 12.4. The lowest BCUT2D eigenvalue weighted by Gasteiger charge is -2.13. The van der Waals surface area contributed by atoms with Crippen molar-refractivity contribution in [3.05, 3.63) is 64.2 Å². The van der Waals surface area contributed by atoms with Gasteiger partial charge in [-0.2, -0.15) is 0 Å². The highest BCUT2D eigenvalue weighted by atomic mass is 16.5. The lowest BCUT2D eigenvalue weighted by Crippen LogP contribution is -2.34. The molecule has 0 aliphatic rings. The van der Waals surface area contributed by atoms with Gasteiger partial charge in [0.2, 0.25) is 5.78 Å². The van der Waals surface area contributed by atoms with Crippen molar-refractivity contribution < 1.29 is 23.9 Å². The average Bonchev–Trinajstić information content (AvgIpc) is 2.70. The van der Waals surface area contributed by atoms with Gasteiger partial charge in [0.15, 0.2) is 13.2 Å². The number of carbonyl (C=O) groups is 3. The van der Waals surface area contributed by atoms with Gasteiger partial charge in [0.1, 0.15) is 12.3 Å². The van der Waals surface area contributed by atoms with Crippen LogP contribution in [0.15, 0.2) is 36.4 Å². The average molecular weight is 383 g/mol. The molecule has 0 saturated carbocycles. The van der Waals surface area contributed by atoms with Gasteiger partial charge < -0.3 is 14.8 Å². The van der Waals surface area contributed by atoms with Gasteiger partial charge in [-0.25, -0.2) is 0 Å². The van der Waals surface area contributed by atoms with Gasteiger partial charge in [-0.1, -0.05) is 18.2 Å². The minimum atomic E-state index is -0.681. The van der Waals surface area contributed by atoms with Crippen molar-refractivity contribution in [3.63, 3.8) is 0 Å². The second-order valence-electron chi connectivity index (χ2n) is 6.58. The van der Waals surface area contributed by atoms with Crippen molar-refractivity contribution in [1.29, 1.82) is 0 Å². The molecule has 0 aliphatic carbocycles. The maximum atomic E-state index is 12.4. The summed E-state index contributed by atoms with van der Waals surface area (Å²) in [5.74, 6) is -0.840. The monoisotopic (exact) mass is 383 g/mol. The Labute approximate surface area is 164 Å². The fourth-order valence-electron chi connectivity index (χ4n) is 2.66. The Kier molecular flexibility index (Phi) is 7.32. The van der Waals surface area contributed by atoms with Crippen LogP contribution in [-0.4, -0.2) is 37.4 Å². The topological polar surface area (TPSA) is 81.7 Å². The third-order valence-electron chi connectivity index (χ3n) is 4.69. The van der Waals surface area contributed by atoms with Crippen molar-refractivity contribution in [3.8, 4) is 5.75 Å². The summed E-state index contributed by atoms with van der Waals surface area (Å²) in [6, 6.07) is 10.7. The molecule has 2 rings (SSSR count). The minimum absolute atomic E-state index is 0.211. The zero-order chi connectivity index (χ0) is 20.7. The minimum Gasteiger partial charge on any atom is -0.484 e. The molecule has 0 fully saturated rings. The molecule has 2 aromatic carbocycles. The number of benzene rings is 2. The van der Waals surface area contributed by atoms with E-state index in [-0.39, 0.29) is 25.5 Å². The summed E-state index contributed by atoms with van der Waals surface area (Å²) in [6.07, 6.45) is 0. The molecule has 0 radical (unpaired) electrons. The molecule has 0 unspecified atom stereocenters. The molecule has 0 heterocycles. The van der Waals surface area contributed by atoms with Crippen LogP contribution in [0.1, 0.15) is 32.6 Å². The first-order valence-electron chi connectivity index (χ1n) is 9.00. The molecule has 0 aromatic heterocycles. The van der Waals surface area contributed by atoms with E-state index in [1.54, 1.807) is 24.3 Å². The molecule has 6 heteroatoms. The molecule has 1 N–H and O–H groups in total. The first kappa shape index (κ1) is 21.2. The van der Waals surface area contributed by atoms with Gasteiger partial charge >= 0.3 is 5.97 Å². The van der Waals surface area contributed by atoms with Crippen molar-refractivity contribution in [2.75, 3.05) is 19.8 Å². The van der Waals surface area contributed by atoms with Crippen LogP contribution in [0.25, 0.3) is 0 Å². The summed E-state index contributed by atoms with van der Waals surface area (Å²) in [5.41, 5.74) is 4.65. The van der Waals surface area contributed by atoms with Crippen molar-refractivity contribution in [2.45, 2.75) is 27.7 Å². The van der Waals surface area contributed by atoms with E-state index in [1.807, 2.05) is 39.8 Å².